The zero-order valence-electron chi connectivity index (χ0n) is 18.5. The number of likely N-dealkylation sites (tertiary alicyclic amines) is 2. The molecular formula is C23H39N5O. The van der Waals surface area contributed by atoms with E-state index in [1.807, 2.05) is 6.07 Å². The molecule has 2 aliphatic rings. The Hall–Kier alpha value is -1.79. The van der Waals surface area contributed by atoms with E-state index in [1.165, 1.54) is 44.3 Å². The number of aliphatic imine (C=N–C) groups is 1. The van der Waals surface area contributed by atoms with E-state index >= 15 is 0 Å². The number of piperidine rings is 1. The molecule has 0 aromatic heterocycles. The first kappa shape index (κ1) is 21.9. The molecule has 162 valence electrons. The van der Waals surface area contributed by atoms with Gasteiger partial charge in [-0.3, -0.25) is 9.89 Å². The van der Waals surface area contributed by atoms with E-state index in [4.69, 9.17) is 9.73 Å². The SMILES string of the molecule is CCNC(=NCC(c1cccc(OC)c1)N1CCCC1)NCC1CCN(C)CC1. The average molecular weight is 402 g/mol. The number of hydrogen-bond donors (Lipinski definition) is 2. The van der Waals surface area contributed by atoms with Crippen molar-refractivity contribution in [2.24, 2.45) is 10.9 Å². The Labute approximate surface area is 176 Å². The summed E-state index contributed by atoms with van der Waals surface area (Å²) >= 11 is 0. The highest BCUT2D eigenvalue weighted by Crippen LogP contribution is 2.28. The number of rotatable bonds is 8. The molecule has 3 rings (SSSR count). The number of ether oxygens (including phenoxy) is 1. The largest absolute Gasteiger partial charge is 0.497 e. The van der Waals surface area contributed by atoms with Crippen LogP contribution in [0.1, 0.15) is 44.2 Å². The van der Waals surface area contributed by atoms with Gasteiger partial charge >= 0.3 is 0 Å². The molecule has 0 amide bonds. The molecule has 2 saturated heterocycles. The van der Waals surface area contributed by atoms with Gasteiger partial charge in [-0.2, -0.15) is 0 Å². The van der Waals surface area contributed by atoms with Gasteiger partial charge in [-0.1, -0.05) is 12.1 Å². The quantitative estimate of drug-likeness (QED) is 0.518. The van der Waals surface area contributed by atoms with Crippen molar-refractivity contribution in [3.63, 3.8) is 0 Å². The number of benzene rings is 1. The summed E-state index contributed by atoms with van der Waals surface area (Å²) in [5, 5.41) is 7.04. The van der Waals surface area contributed by atoms with Crippen molar-refractivity contribution in [3.05, 3.63) is 29.8 Å². The Morgan fingerprint density at radius 1 is 1.17 bits per heavy atom. The summed E-state index contributed by atoms with van der Waals surface area (Å²) in [5.41, 5.74) is 1.29. The van der Waals surface area contributed by atoms with E-state index < -0.39 is 0 Å². The van der Waals surface area contributed by atoms with Gasteiger partial charge in [0.2, 0.25) is 0 Å². The van der Waals surface area contributed by atoms with Gasteiger partial charge in [-0.05, 0) is 89.4 Å². The summed E-state index contributed by atoms with van der Waals surface area (Å²) in [6, 6.07) is 8.77. The molecule has 0 saturated carbocycles. The number of hydrogen-bond acceptors (Lipinski definition) is 4. The first-order chi connectivity index (χ1) is 14.2. The molecular weight excluding hydrogens is 362 g/mol. The molecule has 2 heterocycles. The third-order valence-electron chi connectivity index (χ3n) is 6.22. The zero-order chi connectivity index (χ0) is 20.5. The van der Waals surface area contributed by atoms with Crippen molar-refractivity contribution in [3.8, 4) is 5.75 Å². The Bertz CT molecular complexity index is 636. The lowest BCUT2D eigenvalue weighted by atomic mass is 9.97. The maximum Gasteiger partial charge on any atom is 0.191 e. The van der Waals surface area contributed by atoms with E-state index in [2.05, 4.69) is 52.6 Å². The van der Waals surface area contributed by atoms with Crippen LogP contribution in [0.15, 0.2) is 29.3 Å². The fraction of sp³-hybridized carbons (Fsp3) is 0.696. The highest BCUT2D eigenvalue weighted by molar-refractivity contribution is 5.79. The fourth-order valence-corrected chi connectivity index (χ4v) is 4.36. The summed E-state index contributed by atoms with van der Waals surface area (Å²) < 4.78 is 5.46. The Kier molecular flexibility index (Phi) is 8.62. The fourth-order valence-electron chi connectivity index (χ4n) is 4.36. The molecule has 1 aromatic carbocycles. The minimum atomic E-state index is 0.298. The predicted octanol–water partition coefficient (Wildman–Crippen LogP) is 2.73. The monoisotopic (exact) mass is 401 g/mol. The van der Waals surface area contributed by atoms with Crippen LogP contribution in [0.5, 0.6) is 5.75 Å². The van der Waals surface area contributed by atoms with Crippen LogP contribution in [0, 0.1) is 5.92 Å². The molecule has 29 heavy (non-hydrogen) atoms. The normalized spacial score (nSPS) is 20.6. The number of nitrogens with one attached hydrogen (secondary N) is 2. The van der Waals surface area contributed by atoms with E-state index in [0.29, 0.717) is 6.04 Å². The van der Waals surface area contributed by atoms with Crippen molar-refractivity contribution in [2.75, 3.05) is 60.0 Å². The van der Waals surface area contributed by atoms with Crippen LogP contribution in [0.3, 0.4) is 0 Å². The first-order valence-corrected chi connectivity index (χ1v) is 11.3. The van der Waals surface area contributed by atoms with Gasteiger partial charge in [0.15, 0.2) is 5.96 Å². The first-order valence-electron chi connectivity index (χ1n) is 11.3. The highest BCUT2D eigenvalue weighted by Gasteiger charge is 2.24. The standard InChI is InChI=1S/C23H39N5O/c1-4-24-23(25-17-19-10-14-27(2)15-11-19)26-18-22(28-12-5-6-13-28)20-8-7-9-21(16-20)29-3/h7-9,16,19,22H,4-6,10-15,17-18H2,1-3H3,(H2,24,25,26). The maximum absolute atomic E-state index is 5.46. The van der Waals surface area contributed by atoms with Crippen LogP contribution in [0.25, 0.3) is 0 Å². The second kappa shape index (κ2) is 11.4. The van der Waals surface area contributed by atoms with Crippen LogP contribution in [0.2, 0.25) is 0 Å². The smallest absolute Gasteiger partial charge is 0.191 e. The van der Waals surface area contributed by atoms with Crippen molar-refractivity contribution < 1.29 is 4.74 Å². The summed E-state index contributed by atoms with van der Waals surface area (Å²) in [6.45, 7) is 9.48. The molecule has 0 radical (unpaired) electrons. The molecule has 1 unspecified atom stereocenters. The number of nitrogens with zero attached hydrogens (tertiary/aromatic N) is 3. The molecule has 1 atom stereocenters. The Balaban J connectivity index is 1.65. The minimum absolute atomic E-state index is 0.298. The molecule has 0 spiro atoms. The summed E-state index contributed by atoms with van der Waals surface area (Å²) in [6.07, 6.45) is 5.09. The van der Waals surface area contributed by atoms with Crippen LogP contribution in [-0.4, -0.2) is 75.7 Å². The molecule has 6 heteroatoms. The lowest BCUT2D eigenvalue weighted by molar-refractivity contribution is 0.220. The van der Waals surface area contributed by atoms with Crippen molar-refractivity contribution in [2.45, 2.75) is 38.6 Å². The summed E-state index contributed by atoms with van der Waals surface area (Å²) in [4.78, 5) is 9.98. The summed E-state index contributed by atoms with van der Waals surface area (Å²) in [5.74, 6) is 2.60. The topological polar surface area (TPSA) is 52.1 Å². The van der Waals surface area contributed by atoms with Crippen LogP contribution < -0.4 is 15.4 Å². The third kappa shape index (κ3) is 6.61. The van der Waals surface area contributed by atoms with Crippen molar-refractivity contribution >= 4 is 5.96 Å². The van der Waals surface area contributed by atoms with Gasteiger partial charge in [0.25, 0.3) is 0 Å². The van der Waals surface area contributed by atoms with Gasteiger partial charge in [0.05, 0.1) is 19.7 Å². The molecule has 2 aliphatic heterocycles. The second-order valence-electron chi connectivity index (χ2n) is 8.38. The lowest BCUT2D eigenvalue weighted by Crippen LogP contribution is -2.42. The van der Waals surface area contributed by atoms with Gasteiger partial charge in [0.1, 0.15) is 5.75 Å². The number of methoxy groups -OCH3 is 1. The third-order valence-corrected chi connectivity index (χ3v) is 6.22. The molecule has 0 bridgehead atoms. The molecule has 1 aromatic rings. The van der Waals surface area contributed by atoms with Crippen LogP contribution >= 0.6 is 0 Å². The van der Waals surface area contributed by atoms with Crippen molar-refractivity contribution in [1.82, 2.24) is 20.4 Å². The Morgan fingerprint density at radius 2 is 1.93 bits per heavy atom. The molecule has 2 N–H and O–H groups in total. The molecule has 2 fully saturated rings. The predicted molar refractivity (Wildman–Crippen MR) is 121 cm³/mol. The molecule has 6 nitrogen and oxygen atoms in total. The number of guanidine groups is 1. The Morgan fingerprint density at radius 3 is 2.62 bits per heavy atom. The van der Waals surface area contributed by atoms with E-state index in [9.17, 15) is 0 Å². The maximum atomic E-state index is 5.46. The minimum Gasteiger partial charge on any atom is -0.497 e. The second-order valence-corrected chi connectivity index (χ2v) is 8.38. The van der Waals surface area contributed by atoms with Crippen LogP contribution in [-0.2, 0) is 0 Å². The van der Waals surface area contributed by atoms with Gasteiger partial charge < -0.3 is 20.3 Å². The average Bonchev–Trinajstić information content (AvgIpc) is 3.28. The van der Waals surface area contributed by atoms with Crippen molar-refractivity contribution in [1.29, 1.82) is 0 Å². The highest BCUT2D eigenvalue weighted by atomic mass is 16.5. The van der Waals surface area contributed by atoms with E-state index in [-0.39, 0.29) is 0 Å². The van der Waals surface area contributed by atoms with Gasteiger partial charge in [-0.15, -0.1) is 0 Å². The van der Waals surface area contributed by atoms with E-state index in [1.54, 1.807) is 7.11 Å². The van der Waals surface area contributed by atoms with Gasteiger partial charge in [-0.25, -0.2) is 0 Å². The zero-order valence-corrected chi connectivity index (χ0v) is 18.5. The van der Waals surface area contributed by atoms with E-state index in [0.717, 1.165) is 50.4 Å². The molecule has 0 aliphatic carbocycles. The van der Waals surface area contributed by atoms with Gasteiger partial charge in [0, 0.05) is 13.1 Å². The summed E-state index contributed by atoms with van der Waals surface area (Å²) in [7, 11) is 3.95. The van der Waals surface area contributed by atoms with Crippen LogP contribution in [0.4, 0.5) is 0 Å². The lowest BCUT2D eigenvalue weighted by Gasteiger charge is -2.30.